The number of fused-ring (bicyclic) bond motifs is 6. The van der Waals surface area contributed by atoms with Crippen LogP contribution in [0.5, 0.6) is 0 Å². The largest absolute Gasteiger partial charge is 0.308 e. The lowest BCUT2D eigenvalue weighted by Gasteiger charge is -2.19. The van der Waals surface area contributed by atoms with Crippen LogP contribution in [0.4, 0.5) is 0 Å². The highest BCUT2D eigenvalue weighted by atomic mass is 15.0. The molecule has 0 saturated carbocycles. The molecule has 8 heteroatoms. The first-order chi connectivity index (χ1) is 24.5. The highest BCUT2D eigenvalue weighted by molar-refractivity contribution is 6.12. The van der Waals surface area contributed by atoms with Crippen LogP contribution < -0.4 is 0 Å². The summed E-state index contributed by atoms with van der Waals surface area (Å²) >= 11 is 0. The molecule has 2 aromatic heterocycles. The van der Waals surface area contributed by atoms with Gasteiger partial charge in [0.15, 0.2) is 0 Å². The smallest absolute Gasteiger partial charge is 0.101 e. The molecule has 0 radical (unpaired) electrons. The molecule has 0 saturated heterocycles. The molecule has 50 heavy (non-hydrogen) atoms. The lowest BCUT2D eigenvalue weighted by atomic mass is 9.97. The predicted octanol–water partition coefficient (Wildman–Crippen LogP) is 8.78. The van der Waals surface area contributed by atoms with Crippen molar-refractivity contribution in [2.75, 3.05) is 0 Å². The van der Waals surface area contributed by atoms with E-state index in [4.69, 9.17) is 0 Å². The number of hydrogen-bond donors (Lipinski definition) is 0. The van der Waals surface area contributed by atoms with Crippen molar-refractivity contribution in [1.82, 2.24) is 9.13 Å². The Morgan fingerprint density at radius 2 is 0.760 bits per heavy atom. The fourth-order valence-corrected chi connectivity index (χ4v) is 6.86. The second kappa shape index (κ2) is 11.3. The molecule has 0 bridgehead atoms. The molecular weight excluding hydrogens is 617 g/mol. The lowest BCUT2D eigenvalue weighted by Crippen LogP contribution is -2.04. The summed E-state index contributed by atoms with van der Waals surface area (Å²) in [5.41, 5.74) is 7.75. The summed E-state index contributed by atoms with van der Waals surface area (Å²) in [5.74, 6) is 0. The van der Waals surface area contributed by atoms with E-state index in [0.717, 1.165) is 21.5 Å². The Bertz CT molecular complexity index is 2920. The number of hydrogen-bond acceptors (Lipinski definition) is 6. The minimum Gasteiger partial charge on any atom is -0.308 e. The molecule has 0 aliphatic heterocycles. The number of benzene rings is 6. The van der Waals surface area contributed by atoms with Gasteiger partial charge in [0.25, 0.3) is 0 Å². The zero-order valence-corrected chi connectivity index (χ0v) is 26.0. The Hall–Kier alpha value is -8.14. The molecule has 0 unspecified atom stereocenters. The minimum atomic E-state index is 0.298. The van der Waals surface area contributed by atoms with Gasteiger partial charge in [0.2, 0.25) is 0 Å². The quantitative estimate of drug-likeness (QED) is 0.189. The van der Waals surface area contributed by atoms with Crippen molar-refractivity contribution in [3.05, 3.63) is 143 Å². The first-order valence-electron chi connectivity index (χ1n) is 15.4. The number of nitrogens with zero attached hydrogens (tertiary/aromatic N) is 8. The van der Waals surface area contributed by atoms with Crippen molar-refractivity contribution in [3.8, 4) is 58.9 Å². The Morgan fingerprint density at radius 1 is 0.360 bits per heavy atom. The van der Waals surface area contributed by atoms with E-state index in [1.54, 1.807) is 72.8 Å². The van der Waals surface area contributed by atoms with Crippen molar-refractivity contribution in [3.63, 3.8) is 0 Å². The number of nitriles is 6. The summed E-state index contributed by atoms with van der Waals surface area (Å²) in [6.07, 6.45) is 0. The van der Waals surface area contributed by atoms with Crippen LogP contribution in [0.1, 0.15) is 33.4 Å². The van der Waals surface area contributed by atoms with Gasteiger partial charge in [-0.25, -0.2) is 0 Å². The summed E-state index contributed by atoms with van der Waals surface area (Å²) in [7, 11) is 0. The van der Waals surface area contributed by atoms with Crippen LogP contribution in [-0.4, -0.2) is 9.13 Å². The highest BCUT2D eigenvalue weighted by Gasteiger charge is 2.23. The van der Waals surface area contributed by atoms with E-state index in [9.17, 15) is 31.6 Å². The van der Waals surface area contributed by atoms with Crippen molar-refractivity contribution in [1.29, 1.82) is 31.6 Å². The standard InChI is InChI=1S/C42H18N8/c43-19-25-2-1-3-30(12-25)36-18-37(49-38-13-26(20-44)4-8-32(38)33-9-5-27(21-45)14-39(33)49)31(24-48)17-42(36)50-40-15-28(22-46)6-10-34(40)35-11-7-29(23-47)16-41(35)50/h1-18H. The molecule has 6 aromatic carbocycles. The van der Waals surface area contributed by atoms with Crippen LogP contribution in [0.15, 0.2) is 109 Å². The highest BCUT2D eigenvalue weighted by Crippen LogP contribution is 2.41. The van der Waals surface area contributed by atoms with Crippen molar-refractivity contribution in [2.45, 2.75) is 0 Å². The van der Waals surface area contributed by atoms with Crippen molar-refractivity contribution < 1.29 is 0 Å². The number of rotatable bonds is 3. The van der Waals surface area contributed by atoms with E-state index in [1.165, 1.54) is 0 Å². The first-order valence-corrected chi connectivity index (χ1v) is 15.4. The fraction of sp³-hybridized carbons (Fsp3) is 0. The molecular formula is C42H18N8. The zero-order valence-electron chi connectivity index (χ0n) is 26.0. The maximum atomic E-state index is 10.8. The van der Waals surface area contributed by atoms with Gasteiger partial charge in [-0.1, -0.05) is 36.4 Å². The van der Waals surface area contributed by atoms with E-state index < -0.39 is 0 Å². The summed E-state index contributed by atoms with van der Waals surface area (Å²) in [6, 6.07) is 45.9. The fourth-order valence-electron chi connectivity index (χ4n) is 6.86. The maximum Gasteiger partial charge on any atom is 0.101 e. The van der Waals surface area contributed by atoms with Crippen molar-refractivity contribution in [2.24, 2.45) is 0 Å². The molecule has 8 aromatic rings. The summed E-state index contributed by atoms with van der Waals surface area (Å²) in [5, 5.41) is 63.5. The Balaban J connectivity index is 1.57. The van der Waals surface area contributed by atoms with E-state index in [1.807, 2.05) is 45.5 Å². The Kier molecular flexibility index (Phi) is 6.60. The molecule has 8 rings (SSSR count). The SMILES string of the molecule is N#Cc1cccc(-c2cc(-n3c4cc(C#N)ccc4c4ccc(C#N)cc43)c(C#N)cc2-n2c3cc(C#N)ccc3c3ccc(C#N)cc32)c1. The molecule has 0 aliphatic carbocycles. The first kappa shape index (κ1) is 29.3. The molecule has 2 heterocycles. The maximum absolute atomic E-state index is 10.8. The van der Waals surface area contributed by atoms with E-state index in [2.05, 4.69) is 36.4 Å². The van der Waals surface area contributed by atoms with Gasteiger partial charge in [-0.15, -0.1) is 0 Å². The van der Waals surface area contributed by atoms with Gasteiger partial charge in [-0.05, 0) is 78.4 Å². The van der Waals surface area contributed by atoms with Crippen molar-refractivity contribution >= 4 is 43.6 Å². The monoisotopic (exact) mass is 634 g/mol. The summed E-state index contributed by atoms with van der Waals surface area (Å²) in [4.78, 5) is 0. The van der Waals surface area contributed by atoms with E-state index in [0.29, 0.717) is 77.9 Å². The molecule has 0 fully saturated rings. The van der Waals surface area contributed by atoms with Crippen LogP contribution in [0.2, 0.25) is 0 Å². The molecule has 0 amide bonds. The van der Waals surface area contributed by atoms with Crippen LogP contribution in [-0.2, 0) is 0 Å². The molecule has 0 spiro atoms. The van der Waals surface area contributed by atoms with Gasteiger partial charge in [0, 0.05) is 27.1 Å². The van der Waals surface area contributed by atoms with Gasteiger partial charge in [-0.2, -0.15) is 31.6 Å². The average molecular weight is 635 g/mol. The van der Waals surface area contributed by atoms with Crippen LogP contribution in [0.25, 0.3) is 66.1 Å². The Morgan fingerprint density at radius 3 is 1.16 bits per heavy atom. The van der Waals surface area contributed by atoms with Gasteiger partial charge in [0.1, 0.15) is 6.07 Å². The topological polar surface area (TPSA) is 153 Å². The average Bonchev–Trinajstić information content (AvgIpc) is 3.67. The zero-order chi connectivity index (χ0) is 34.5. The minimum absolute atomic E-state index is 0.298. The van der Waals surface area contributed by atoms with Crippen LogP contribution in [0, 0.1) is 68.0 Å². The number of aromatic nitrogens is 2. The van der Waals surface area contributed by atoms with Gasteiger partial charge in [0.05, 0.1) is 97.2 Å². The van der Waals surface area contributed by atoms with E-state index in [-0.39, 0.29) is 0 Å². The summed E-state index contributed by atoms with van der Waals surface area (Å²) in [6.45, 7) is 0. The third-order valence-corrected chi connectivity index (χ3v) is 9.07. The Labute approximate surface area is 285 Å². The second-order valence-corrected chi connectivity index (χ2v) is 11.7. The molecule has 8 nitrogen and oxygen atoms in total. The van der Waals surface area contributed by atoms with E-state index >= 15 is 0 Å². The van der Waals surface area contributed by atoms with Crippen LogP contribution >= 0.6 is 0 Å². The van der Waals surface area contributed by atoms with Crippen LogP contribution in [0.3, 0.4) is 0 Å². The second-order valence-electron chi connectivity index (χ2n) is 11.7. The molecule has 226 valence electrons. The summed E-state index contributed by atoms with van der Waals surface area (Å²) < 4.78 is 3.86. The third kappa shape index (κ3) is 4.33. The van der Waals surface area contributed by atoms with Gasteiger partial charge in [-0.3, -0.25) is 0 Å². The molecule has 0 N–H and O–H groups in total. The normalized spacial score (nSPS) is 10.7. The third-order valence-electron chi connectivity index (χ3n) is 9.07. The lowest BCUT2D eigenvalue weighted by molar-refractivity contribution is 1.13. The molecule has 0 aliphatic rings. The molecule has 0 atom stereocenters. The van der Waals surface area contributed by atoms with Gasteiger partial charge < -0.3 is 9.13 Å². The predicted molar refractivity (Wildman–Crippen MR) is 189 cm³/mol. The van der Waals surface area contributed by atoms with Gasteiger partial charge >= 0.3 is 0 Å².